The molecule has 1 saturated heterocycles. The lowest BCUT2D eigenvalue weighted by Gasteiger charge is -2.29. The maximum absolute atomic E-state index is 13.2. The standard InChI is InChI=1S/C30H21Br2ClN2O5S/c31-22-11-19-20(12-23(22)32)29(38)35(28(19)37)17-6-3-15(4-7-17)25-13-21(18-10-16(33)5-8-24(18)34-25)30(39)40-14-26(36)27-2-1-9-41-27/h1-10,13,19-20,22-23H,11-12,14H2. The second-order valence-corrected chi connectivity index (χ2v) is 13.7. The van der Waals surface area contributed by atoms with Crippen molar-refractivity contribution in [2.24, 2.45) is 11.8 Å². The van der Waals surface area contributed by atoms with Crippen molar-refractivity contribution in [1.29, 1.82) is 0 Å². The van der Waals surface area contributed by atoms with E-state index in [-0.39, 0.29) is 51.3 Å². The lowest BCUT2D eigenvalue weighted by atomic mass is 9.81. The summed E-state index contributed by atoms with van der Waals surface area (Å²) < 4.78 is 5.38. The Balaban J connectivity index is 1.28. The van der Waals surface area contributed by atoms with Gasteiger partial charge in [-0.25, -0.2) is 9.78 Å². The number of fused-ring (bicyclic) bond motifs is 2. The van der Waals surface area contributed by atoms with E-state index in [1.165, 1.54) is 16.2 Å². The molecule has 41 heavy (non-hydrogen) atoms. The number of halogens is 3. The van der Waals surface area contributed by atoms with Crippen molar-refractivity contribution >= 4 is 95.0 Å². The molecule has 2 fully saturated rings. The van der Waals surface area contributed by atoms with Gasteiger partial charge in [0.2, 0.25) is 17.6 Å². The second kappa shape index (κ2) is 11.4. The van der Waals surface area contributed by atoms with Gasteiger partial charge in [-0.15, -0.1) is 11.3 Å². The van der Waals surface area contributed by atoms with Crippen molar-refractivity contribution in [2.75, 3.05) is 11.5 Å². The van der Waals surface area contributed by atoms with E-state index in [4.69, 9.17) is 21.3 Å². The molecule has 4 unspecified atom stereocenters. The van der Waals surface area contributed by atoms with E-state index in [2.05, 4.69) is 31.9 Å². The van der Waals surface area contributed by atoms with Crippen LogP contribution in [0.3, 0.4) is 0 Å². The van der Waals surface area contributed by atoms with Crippen molar-refractivity contribution in [3.63, 3.8) is 0 Å². The zero-order valence-corrected chi connectivity index (χ0v) is 26.0. The highest BCUT2D eigenvalue weighted by Crippen LogP contribution is 2.44. The number of benzene rings is 2. The first kappa shape index (κ1) is 28.2. The largest absolute Gasteiger partial charge is 0.454 e. The van der Waals surface area contributed by atoms with Gasteiger partial charge in [0, 0.05) is 25.6 Å². The highest BCUT2D eigenvalue weighted by atomic mass is 79.9. The number of carbonyl (C=O) groups excluding carboxylic acids is 4. The summed E-state index contributed by atoms with van der Waals surface area (Å²) in [6, 6.07) is 17.0. The molecule has 0 spiro atoms. The van der Waals surface area contributed by atoms with Gasteiger partial charge in [0.15, 0.2) is 6.61 Å². The Labute approximate surface area is 261 Å². The molecular weight excluding hydrogens is 696 g/mol. The van der Waals surface area contributed by atoms with Crippen molar-refractivity contribution in [1.82, 2.24) is 4.98 Å². The van der Waals surface area contributed by atoms with E-state index in [0.29, 0.717) is 50.6 Å². The Morgan fingerprint density at radius 3 is 2.29 bits per heavy atom. The molecule has 11 heteroatoms. The predicted octanol–water partition coefficient (Wildman–Crippen LogP) is 7.08. The summed E-state index contributed by atoms with van der Waals surface area (Å²) in [4.78, 5) is 58.7. The SMILES string of the molecule is O=C(COC(=O)c1cc(-c2ccc(N3C(=O)C4CC(Br)C(Br)CC4C3=O)cc2)nc2ccc(Cl)cc12)c1cccs1. The Hall–Kier alpha value is -2.92. The van der Waals surface area contributed by atoms with Crippen LogP contribution in [0.2, 0.25) is 5.02 Å². The number of anilines is 1. The average molecular weight is 717 g/mol. The first-order valence-corrected chi connectivity index (χ1v) is 15.9. The number of alkyl halides is 2. The van der Waals surface area contributed by atoms with E-state index in [1.54, 1.807) is 66.0 Å². The number of hydrogen-bond donors (Lipinski definition) is 0. The lowest BCUT2D eigenvalue weighted by molar-refractivity contribution is -0.122. The number of nitrogens with zero attached hydrogens (tertiary/aromatic N) is 2. The van der Waals surface area contributed by atoms with Gasteiger partial charge in [-0.2, -0.15) is 0 Å². The first-order chi connectivity index (χ1) is 19.7. The highest BCUT2D eigenvalue weighted by molar-refractivity contribution is 9.12. The fraction of sp³-hybridized carbons (Fsp3) is 0.233. The van der Waals surface area contributed by atoms with Crippen LogP contribution in [0, 0.1) is 11.8 Å². The Bertz CT molecular complexity index is 1670. The summed E-state index contributed by atoms with van der Waals surface area (Å²) in [6.45, 7) is -0.390. The Morgan fingerprint density at radius 1 is 0.976 bits per heavy atom. The van der Waals surface area contributed by atoms with Gasteiger partial charge in [-0.1, -0.05) is 61.7 Å². The number of ether oxygens (including phenoxy) is 1. The van der Waals surface area contributed by atoms with E-state index in [1.807, 2.05) is 0 Å². The molecule has 1 aliphatic carbocycles. The molecule has 1 aliphatic heterocycles. The number of amides is 2. The smallest absolute Gasteiger partial charge is 0.339 e. The number of imide groups is 1. The molecule has 2 amide bonds. The fourth-order valence-corrected chi connectivity index (χ4v) is 7.42. The third-order valence-electron chi connectivity index (χ3n) is 7.45. The molecule has 0 bridgehead atoms. The molecule has 3 heterocycles. The summed E-state index contributed by atoms with van der Waals surface area (Å²) in [5.74, 6) is -2.00. The van der Waals surface area contributed by atoms with Crippen LogP contribution in [0.15, 0.2) is 66.0 Å². The quantitative estimate of drug-likeness (QED) is 0.0917. The molecule has 0 N–H and O–H groups in total. The minimum atomic E-state index is -0.673. The Kier molecular flexibility index (Phi) is 7.84. The van der Waals surface area contributed by atoms with Crippen LogP contribution >= 0.6 is 54.8 Å². The molecule has 1 saturated carbocycles. The average Bonchev–Trinajstić information content (AvgIpc) is 3.59. The van der Waals surface area contributed by atoms with Crippen molar-refractivity contribution in [2.45, 2.75) is 22.5 Å². The molecule has 2 aromatic heterocycles. The van der Waals surface area contributed by atoms with Gasteiger partial charge in [0.05, 0.1) is 39.2 Å². The fourth-order valence-electron chi connectivity index (χ4n) is 5.36. The molecule has 208 valence electrons. The normalized spacial score (nSPS) is 22.2. The summed E-state index contributed by atoms with van der Waals surface area (Å²) in [5, 5.41) is 2.71. The zero-order chi connectivity index (χ0) is 28.8. The maximum atomic E-state index is 13.2. The van der Waals surface area contributed by atoms with Gasteiger partial charge < -0.3 is 4.74 Å². The molecule has 2 aliphatic rings. The van der Waals surface area contributed by atoms with E-state index in [0.717, 1.165) is 0 Å². The molecular formula is C30H21Br2ClN2O5S. The monoisotopic (exact) mass is 714 g/mol. The van der Waals surface area contributed by atoms with Gasteiger partial charge in [-0.3, -0.25) is 19.3 Å². The van der Waals surface area contributed by atoms with Crippen LogP contribution in [0.1, 0.15) is 32.9 Å². The van der Waals surface area contributed by atoms with Gasteiger partial charge in [0.1, 0.15) is 0 Å². The predicted molar refractivity (Wildman–Crippen MR) is 165 cm³/mol. The lowest BCUT2D eigenvalue weighted by Crippen LogP contribution is -2.34. The number of thiophene rings is 1. The first-order valence-electron chi connectivity index (χ1n) is 12.8. The maximum Gasteiger partial charge on any atom is 0.339 e. The summed E-state index contributed by atoms with van der Waals surface area (Å²) in [6.07, 6.45) is 1.20. The van der Waals surface area contributed by atoms with Gasteiger partial charge in [0.25, 0.3) is 0 Å². The van der Waals surface area contributed by atoms with Crippen LogP contribution in [-0.2, 0) is 14.3 Å². The number of pyridine rings is 1. The summed E-state index contributed by atoms with van der Waals surface area (Å²) >= 11 is 14.7. The topological polar surface area (TPSA) is 93.6 Å². The molecule has 7 nitrogen and oxygen atoms in total. The number of ketones is 1. The van der Waals surface area contributed by atoms with Crippen LogP contribution in [0.5, 0.6) is 0 Å². The number of Topliss-reactive ketones (excluding diaryl/α,β-unsaturated/α-hetero) is 1. The minimum absolute atomic E-state index is 0.131. The molecule has 6 rings (SSSR count). The molecule has 4 atom stereocenters. The third-order valence-corrected chi connectivity index (χ3v) is 11.3. The number of esters is 1. The van der Waals surface area contributed by atoms with Crippen molar-refractivity contribution < 1.29 is 23.9 Å². The van der Waals surface area contributed by atoms with Gasteiger partial charge >= 0.3 is 5.97 Å². The summed E-state index contributed by atoms with van der Waals surface area (Å²) in [5.41, 5.74) is 2.40. The highest BCUT2D eigenvalue weighted by Gasteiger charge is 2.52. The van der Waals surface area contributed by atoms with Crippen LogP contribution in [0.4, 0.5) is 5.69 Å². The van der Waals surface area contributed by atoms with Crippen LogP contribution < -0.4 is 4.90 Å². The molecule has 4 aromatic rings. The number of hydrogen-bond acceptors (Lipinski definition) is 7. The Morgan fingerprint density at radius 2 is 1.66 bits per heavy atom. The third kappa shape index (κ3) is 5.38. The molecule has 0 radical (unpaired) electrons. The minimum Gasteiger partial charge on any atom is -0.454 e. The van der Waals surface area contributed by atoms with Crippen LogP contribution in [-0.4, -0.2) is 44.8 Å². The summed E-state index contributed by atoms with van der Waals surface area (Å²) in [7, 11) is 0. The van der Waals surface area contributed by atoms with E-state index < -0.39 is 5.97 Å². The zero-order valence-electron chi connectivity index (χ0n) is 21.3. The number of aromatic nitrogens is 1. The molecule has 2 aromatic carbocycles. The van der Waals surface area contributed by atoms with E-state index >= 15 is 0 Å². The number of rotatable bonds is 6. The second-order valence-electron chi connectivity index (χ2n) is 9.97. The van der Waals surface area contributed by atoms with Gasteiger partial charge in [-0.05, 0) is 60.7 Å². The van der Waals surface area contributed by atoms with E-state index in [9.17, 15) is 19.2 Å². The van der Waals surface area contributed by atoms with Crippen molar-refractivity contribution in [3.8, 4) is 11.3 Å². The van der Waals surface area contributed by atoms with Crippen molar-refractivity contribution in [3.05, 3.63) is 81.5 Å². The number of carbonyl (C=O) groups is 4. The van der Waals surface area contributed by atoms with Crippen LogP contribution in [0.25, 0.3) is 22.2 Å².